The van der Waals surface area contributed by atoms with Gasteiger partial charge in [0, 0.05) is 13.1 Å². The highest BCUT2D eigenvalue weighted by Gasteiger charge is 2.32. The molecule has 1 N–H and O–H groups in total. The van der Waals surface area contributed by atoms with Crippen molar-refractivity contribution < 1.29 is 19.1 Å². The predicted molar refractivity (Wildman–Crippen MR) is 134 cm³/mol. The average molecular weight is 490 g/mol. The van der Waals surface area contributed by atoms with Crippen LogP contribution in [0.15, 0.2) is 23.1 Å². The Kier molecular flexibility index (Phi) is 8.27. The van der Waals surface area contributed by atoms with Crippen molar-refractivity contribution in [3.63, 3.8) is 0 Å². The number of hydrogen-bond acceptors (Lipinski definition) is 7. The van der Waals surface area contributed by atoms with Gasteiger partial charge in [-0.25, -0.2) is 0 Å². The molecule has 1 aromatic carbocycles. The molecule has 2 fully saturated rings. The van der Waals surface area contributed by atoms with Crippen LogP contribution in [-0.2, 0) is 9.59 Å². The highest BCUT2D eigenvalue weighted by Crippen LogP contribution is 2.36. The normalized spacial score (nSPS) is 22.2. The monoisotopic (exact) mass is 489 g/mol. The molecule has 1 atom stereocenters. The topological polar surface area (TPSA) is 71.1 Å². The average Bonchev–Trinajstić information content (AvgIpc) is 3.28. The van der Waals surface area contributed by atoms with Crippen LogP contribution in [0, 0.1) is 5.92 Å². The zero-order valence-corrected chi connectivity index (χ0v) is 20.6. The largest absolute Gasteiger partial charge is 0.454 e. The number of ether oxygens (including phenoxy) is 2. The standard InChI is InChI=1S/C24H31N3O4S2/c1-2-4-17-5-3-10-26(11-8-17)15-22(28)25-9-12-27-23(29)21(33-24(27)32)14-18-6-7-19-20(13-18)31-16-30-19/h6-7,13-14,17H,2-5,8-12,15-16H2,1H3,(H,25,28)/b21-14-. The Labute approximate surface area is 204 Å². The molecule has 3 aliphatic heterocycles. The predicted octanol–water partition coefficient (Wildman–Crippen LogP) is 3.63. The van der Waals surface area contributed by atoms with E-state index in [1.165, 1.54) is 37.4 Å². The number of carbonyl (C=O) groups excluding carboxylic acids is 2. The smallest absolute Gasteiger partial charge is 0.266 e. The molecule has 1 aromatic rings. The van der Waals surface area contributed by atoms with Crippen molar-refractivity contribution in [3.05, 3.63) is 28.7 Å². The first-order valence-electron chi connectivity index (χ1n) is 11.7. The molecule has 33 heavy (non-hydrogen) atoms. The lowest BCUT2D eigenvalue weighted by Crippen LogP contribution is -2.41. The first-order valence-corrected chi connectivity index (χ1v) is 12.9. The lowest BCUT2D eigenvalue weighted by Gasteiger charge is -2.20. The van der Waals surface area contributed by atoms with Crippen molar-refractivity contribution in [3.8, 4) is 11.5 Å². The van der Waals surface area contributed by atoms with Gasteiger partial charge in [0.15, 0.2) is 11.5 Å². The van der Waals surface area contributed by atoms with Gasteiger partial charge in [0.1, 0.15) is 4.32 Å². The van der Waals surface area contributed by atoms with Crippen LogP contribution < -0.4 is 14.8 Å². The summed E-state index contributed by atoms with van der Waals surface area (Å²) in [5.74, 6) is 2.04. The van der Waals surface area contributed by atoms with Gasteiger partial charge in [0.05, 0.1) is 11.4 Å². The molecule has 0 aliphatic carbocycles. The van der Waals surface area contributed by atoms with Crippen molar-refractivity contribution in [2.24, 2.45) is 5.92 Å². The molecular weight excluding hydrogens is 458 g/mol. The maximum Gasteiger partial charge on any atom is 0.266 e. The van der Waals surface area contributed by atoms with Crippen LogP contribution in [0.25, 0.3) is 6.08 Å². The van der Waals surface area contributed by atoms with Crippen molar-refractivity contribution in [1.29, 1.82) is 0 Å². The molecule has 0 radical (unpaired) electrons. The maximum absolute atomic E-state index is 12.8. The van der Waals surface area contributed by atoms with Crippen LogP contribution in [0.3, 0.4) is 0 Å². The molecule has 2 saturated heterocycles. The van der Waals surface area contributed by atoms with Gasteiger partial charge < -0.3 is 14.8 Å². The second-order valence-electron chi connectivity index (χ2n) is 8.66. The molecule has 178 valence electrons. The summed E-state index contributed by atoms with van der Waals surface area (Å²) in [6.07, 6.45) is 7.92. The Balaban J connectivity index is 1.24. The summed E-state index contributed by atoms with van der Waals surface area (Å²) in [6, 6.07) is 5.56. The Bertz CT molecular complexity index is 936. The first kappa shape index (κ1) is 24.0. The van der Waals surface area contributed by atoms with Crippen LogP contribution in [0.1, 0.15) is 44.6 Å². The molecule has 2 amide bonds. The Morgan fingerprint density at radius 1 is 1.27 bits per heavy atom. The fraction of sp³-hybridized carbons (Fsp3) is 0.542. The molecule has 9 heteroatoms. The molecule has 3 heterocycles. The van der Waals surface area contributed by atoms with E-state index in [1.54, 1.807) is 4.90 Å². The number of thioether (sulfide) groups is 1. The van der Waals surface area contributed by atoms with E-state index < -0.39 is 0 Å². The Morgan fingerprint density at radius 3 is 2.97 bits per heavy atom. The van der Waals surface area contributed by atoms with Gasteiger partial charge in [0.25, 0.3) is 5.91 Å². The number of thiocarbonyl (C=S) groups is 1. The van der Waals surface area contributed by atoms with Crippen molar-refractivity contribution in [2.45, 2.75) is 39.0 Å². The van der Waals surface area contributed by atoms with Gasteiger partial charge in [-0.15, -0.1) is 0 Å². The van der Waals surface area contributed by atoms with Gasteiger partial charge in [0.2, 0.25) is 12.7 Å². The third-order valence-corrected chi connectivity index (χ3v) is 7.61. The fourth-order valence-electron chi connectivity index (χ4n) is 4.49. The third kappa shape index (κ3) is 6.28. The van der Waals surface area contributed by atoms with Crippen LogP contribution in [0.2, 0.25) is 0 Å². The Hall–Kier alpha value is -2.10. The van der Waals surface area contributed by atoms with E-state index in [9.17, 15) is 9.59 Å². The quantitative estimate of drug-likeness (QED) is 0.442. The first-order chi connectivity index (χ1) is 16.0. The van der Waals surface area contributed by atoms with Crippen LogP contribution in [0.5, 0.6) is 11.5 Å². The van der Waals surface area contributed by atoms with Gasteiger partial charge in [-0.2, -0.15) is 0 Å². The molecule has 1 unspecified atom stereocenters. The highest BCUT2D eigenvalue weighted by molar-refractivity contribution is 8.26. The van der Waals surface area contributed by atoms with E-state index >= 15 is 0 Å². The molecule has 7 nitrogen and oxygen atoms in total. The zero-order valence-electron chi connectivity index (χ0n) is 19.0. The molecule has 3 aliphatic rings. The molecule has 0 aromatic heterocycles. The van der Waals surface area contributed by atoms with Gasteiger partial charge in [-0.05, 0) is 62.0 Å². The highest BCUT2D eigenvalue weighted by atomic mass is 32.2. The van der Waals surface area contributed by atoms with Crippen LogP contribution >= 0.6 is 24.0 Å². The number of rotatable bonds is 8. The third-order valence-electron chi connectivity index (χ3n) is 6.23. The number of likely N-dealkylation sites (tertiary alicyclic amines) is 1. The zero-order chi connectivity index (χ0) is 23.2. The SMILES string of the molecule is CCCC1CCCN(CC(=O)NCCN2C(=O)/C(=C/c3ccc4c(c3)OCO4)SC2=S)CC1. The molecule has 4 rings (SSSR count). The second kappa shape index (κ2) is 11.4. The minimum Gasteiger partial charge on any atom is -0.454 e. The number of hydrogen-bond donors (Lipinski definition) is 1. The number of amides is 2. The number of fused-ring (bicyclic) bond motifs is 1. The maximum atomic E-state index is 12.8. The van der Waals surface area contributed by atoms with E-state index in [-0.39, 0.29) is 18.6 Å². The molecule has 0 spiro atoms. The van der Waals surface area contributed by atoms with Gasteiger partial charge >= 0.3 is 0 Å². The summed E-state index contributed by atoms with van der Waals surface area (Å²) < 4.78 is 11.2. The van der Waals surface area contributed by atoms with Gasteiger partial charge in [-0.3, -0.25) is 19.4 Å². The van der Waals surface area contributed by atoms with Crippen molar-refractivity contribution in [2.75, 3.05) is 39.5 Å². The lowest BCUT2D eigenvalue weighted by atomic mass is 9.96. The summed E-state index contributed by atoms with van der Waals surface area (Å²) in [7, 11) is 0. The van der Waals surface area contributed by atoms with Gasteiger partial charge in [-0.1, -0.05) is 49.8 Å². The second-order valence-corrected chi connectivity index (χ2v) is 10.3. The Morgan fingerprint density at radius 2 is 2.12 bits per heavy atom. The van der Waals surface area contributed by atoms with E-state index in [0.29, 0.717) is 40.4 Å². The molecular formula is C24H31N3O4S2. The summed E-state index contributed by atoms with van der Waals surface area (Å²) in [6.45, 7) is 5.58. The van der Waals surface area contributed by atoms with Crippen molar-refractivity contribution >= 4 is 46.2 Å². The molecule has 0 saturated carbocycles. The summed E-state index contributed by atoms with van der Waals surface area (Å²) in [5, 5.41) is 2.95. The summed E-state index contributed by atoms with van der Waals surface area (Å²) >= 11 is 6.69. The van der Waals surface area contributed by atoms with E-state index in [4.69, 9.17) is 21.7 Å². The van der Waals surface area contributed by atoms with Crippen molar-refractivity contribution in [1.82, 2.24) is 15.1 Å². The fourth-order valence-corrected chi connectivity index (χ4v) is 5.80. The van der Waals surface area contributed by atoms with Crippen LogP contribution in [0.4, 0.5) is 0 Å². The summed E-state index contributed by atoms with van der Waals surface area (Å²) in [4.78, 5) is 29.7. The van der Waals surface area contributed by atoms with E-state index in [1.807, 2.05) is 24.3 Å². The molecule has 0 bridgehead atoms. The lowest BCUT2D eigenvalue weighted by molar-refractivity contribution is -0.124. The minimum atomic E-state index is -0.133. The van der Waals surface area contributed by atoms with E-state index in [2.05, 4.69) is 17.1 Å². The minimum absolute atomic E-state index is 0.00489. The number of benzene rings is 1. The number of nitrogens with zero attached hydrogens (tertiary/aromatic N) is 2. The van der Waals surface area contributed by atoms with E-state index in [0.717, 1.165) is 31.0 Å². The number of carbonyl (C=O) groups is 2. The summed E-state index contributed by atoms with van der Waals surface area (Å²) in [5.41, 5.74) is 0.853. The number of nitrogens with one attached hydrogen (secondary N) is 1. The van der Waals surface area contributed by atoms with Crippen LogP contribution in [-0.4, -0.2) is 65.5 Å².